The van der Waals surface area contributed by atoms with Gasteiger partial charge in [-0.15, -0.1) is 0 Å². The van der Waals surface area contributed by atoms with Crippen molar-refractivity contribution in [1.29, 1.82) is 0 Å². The van der Waals surface area contributed by atoms with Gasteiger partial charge in [-0.2, -0.15) is 5.10 Å². The number of benzene rings is 1. The van der Waals surface area contributed by atoms with Gasteiger partial charge in [-0.05, 0) is 17.7 Å². The normalized spacial score (nSPS) is 15.0. The SMILES string of the molecule is O=C1CCC(=O)N1c1cnn(Cc2ccc(F)cc2Cl)c1. The maximum Gasteiger partial charge on any atom is 0.234 e. The minimum absolute atomic E-state index is 0.223. The minimum atomic E-state index is -0.404. The van der Waals surface area contributed by atoms with E-state index in [1.54, 1.807) is 16.9 Å². The number of carbonyl (C=O) groups is 2. The van der Waals surface area contributed by atoms with Crippen LogP contribution in [0.5, 0.6) is 0 Å². The van der Waals surface area contributed by atoms with Gasteiger partial charge in [0.25, 0.3) is 0 Å². The molecule has 21 heavy (non-hydrogen) atoms. The Balaban J connectivity index is 1.82. The quantitative estimate of drug-likeness (QED) is 0.818. The van der Waals surface area contributed by atoms with Crippen molar-refractivity contribution in [3.05, 3.63) is 47.0 Å². The molecule has 2 amide bonds. The van der Waals surface area contributed by atoms with E-state index in [0.717, 1.165) is 4.90 Å². The first-order valence-corrected chi connectivity index (χ1v) is 6.74. The third-order valence-corrected chi connectivity index (χ3v) is 3.63. The maximum atomic E-state index is 13.0. The van der Waals surface area contributed by atoms with Gasteiger partial charge in [0.15, 0.2) is 0 Å². The van der Waals surface area contributed by atoms with E-state index in [9.17, 15) is 14.0 Å². The van der Waals surface area contributed by atoms with Crippen molar-refractivity contribution in [2.45, 2.75) is 19.4 Å². The van der Waals surface area contributed by atoms with Crippen LogP contribution in [0.1, 0.15) is 18.4 Å². The summed E-state index contributed by atoms with van der Waals surface area (Å²) < 4.78 is 14.5. The fraction of sp³-hybridized carbons (Fsp3) is 0.214. The molecule has 3 rings (SSSR count). The van der Waals surface area contributed by atoms with Crippen LogP contribution in [0.2, 0.25) is 5.02 Å². The molecule has 1 aromatic carbocycles. The Bertz CT molecular complexity index is 713. The van der Waals surface area contributed by atoms with Crippen molar-refractivity contribution in [1.82, 2.24) is 9.78 Å². The van der Waals surface area contributed by atoms with E-state index in [1.807, 2.05) is 0 Å². The standard InChI is InChI=1S/C14H11ClFN3O2/c15-12-5-10(16)2-1-9(12)7-18-8-11(6-17-18)19-13(20)3-4-14(19)21/h1-2,5-6,8H,3-4,7H2. The number of rotatable bonds is 3. The first kappa shape index (κ1) is 13.8. The van der Waals surface area contributed by atoms with Gasteiger partial charge in [0.2, 0.25) is 11.8 Å². The molecule has 0 aliphatic carbocycles. The molecule has 108 valence electrons. The van der Waals surface area contributed by atoms with E-state index < -0.39 is 5.82 Å². The number of imide groups is 1. The highest BCUT2D eigenvalue weighted by Crippen LogP contribution is 2.23. The highest BCUT2D eigenvalue weighted by atomic mass is 35.5. The number of aromatic nitrogens is 2. The van der Waals surface area contributed by atoms with E-state index in [-0.39, 0.29) is 24.7 Å². The Labute approximate surface area is 124 Å². The molecule has 2 aromatic rings. The summed E-state index contributed by atoms with van der Waals surface area (Å²) in [7, 11) is 0. The van der Waals surface area contributed by atoms with Crippen LogP contribution < -0.4 is 4.90 Å². The van der Waals surface area contributed by atoms with Crippen LogP contribution in [-0.2, 0) is 16.1 Å². The maximum absolute atomic E-state index is 13.0. The predicted molar refractivity (Wildman–Crippen MR) is 74.5 cm³/mol. The van der Waals surface area contributed by atoms with Crippen LogP contribution in [0.25, 0.3) is 0 Å². The number of amides is 2. The summed E-state index contributed by atoms with van der Waals surface area (Å²) in [6, 6.07) is 4.12. The van der Waals surface area contributed by atoms with Crippen molar-refractivity contribution in [3.8, 4) is 0 Å². The van der Waals surface area contributed by atoms with Crippen LogP contribution in [-0.4, -0.2) is 21.6 Å². The molecular weight excluding hydrogens is 297 g/mol. The molecule has 7 heteroatoms. The molecular formula is C14H11ClFN3O2. The fourth-order valence-corrected chi connectivity index (χ4v) is 2.47. The lowest BCUT2D eigenvalue weighted by Gasteiger charge is -2.10. The van der Waals surface area contributed by atoms with Crippen molar-refractivity contribution in [2.75, 3.05) is 4.90 Å². The Kier molecular flexibility index (Phi) is 3.47. The van der Waals surface area contributed by atoms with Gasteiger partial charge in [-0.3, -0.25) is 14.3 Å². The molecule has 5 nitrogen and oxygen atoms in total. The lowest BCUT2D eigenvalue weighted by atomic mass is 10.2. The molecule has 0 saturated carbocycles. The zero-order chi connectivity index (χ0) is 15.0. The monoisotopic (exact) mass is 307 g/mol. The molecule has 1 saturated heterocycles. The molecule has 1 aliphatic heterocycles. The van der Waals surface area contributed by atoms with Gasteiger partial charge in [0.05, 0.1) is 18.4 Å². The molecule has 0 N–H and O–H groups in total. The molecule has 0 spiro atoms. The lowest BCUT2D eigenvalue weighted by molar-refractivity contribution is -0.121. The molecule has 0 unspecified atom stereocenters. The zero-order valence-electron chi connectivity index (χ0n) is 10.9. The van der Waals surface area contributed by atoms with Crippen molar-refractivity contribution in [3.63, 3.8) is 0 Å². The third-order valence-electron chi connectivity index (χ3n) is 3.28. The topological polar surface area (TPSA) is 55.2 Å². The zero-order valence-corrected chi connectivity index (χ0v) is 11.7. The summed E-state index contributed by atoms with van der Waals surface area (Å²) >= 11 is 5.96. The van der Waals surface area contributed by atoms with Crippen molar-refractivity contribution < 1.29 is 14.0 Å². The van der Waals surface area contributed by atoms with Gasteiger partial charge >= 0.3 is 0 Å². The average molecular weight is 308 g/mol. The van der Waals surface area contributed by atoms with Gasteiger partial charge in [-0.25, -0.2) is 9.29 Å². The van der Waals surface area contributed by atoms with Gasteiger partial charge < -0.3 is 0 Å². The molecule has 2 heterocycles. The van der Waals surface area contributed by atoms with Gasteiger partial charge in [-0.1, -0.05) is 17.7 Å². The van der Waals surface area contributed by atoms with Crippen molar-refractivity contribution >= 4 is 29.1 Å². The first-order valence-electron chi connectivity index (χ1n) is 6.37. The van der Waals surface area contributed by atoms with Crippen LogP contribution in [0.15, 0.2) is 30.6 Å². The first-order chi connectivity index (χ1) is 10.0. The molecule has 1 aromatic heterocycles. The highest BCUT2D eigenvalue weighted by Gasteiger charge is 2.31. The minimum Gasteiger partial charge on any atom is -0.274 e. The van der Waals surface area contributed by atoms with Crippen molar-refractivity contribution in [2.24, 2.45) is 0 Å². The number of nitrogens with zero attached hydrogens (tertiary/aromatic N) is 3. The van der Waals surface area contributed by atoms with E-state index in [2.05, 4.69) is 5.10 Å². The lowest BCUT2D eigenvalue weighted by Crippen LogP contribution is -2.28. The Morgan fingerprint density at radius 2 is 1.95 bits per heavy atom. The second-order valence-corrected chi connectivity index (χ2v) is 5.16. The number of hydrogen-bond acceptors (Lipinski definition) is 3. The Morgan fingerprint density at radius 3 is 2.62 bits per heavy atom. The summed E-state index contributed by atoms with van der Waals surface area (Å²) in [5.74, 6) is -0.850. The second kappa shape index (κ2) is 5.29. The smallest absolute Gasteiger partial charge is 0.234 e. The van der Waals surface area contributed by atoms with Crippen LogP contribution in [0, 0.1) is 5.82 Å². The second-order valence-electron chi connectivity index (χ2n) is 4.75. The Hall–Kier alpha value is -2.21. The number of anilines is 1. The third kappa shape index (κ3) is 2.67. The molecule has 0 atom stereocenters. The van der Waals surface area contributed by atoms with Crippen LogP contribution in [0.3, 0.4) is 0 Å². The van der Waals surface area contributed by atoms with E-state index in [4.69, 9.17) is 11.6 Å². The predicted octanol–water partition coefficient (Wildman–Crippen LogP) is 2.38. The fourth-order valence-electron chi connectivity index (χ4n) is 2.24. The van der Waals surface area contributed by atoms with Crippen LogP contribution in [0.4, 0.5) is 10.1 Å². The summed E-state index contributed by atoms with van der Waals surface area (Å²) in [5, 5.41) is 4.41. The van der Waals surface area contributed by atoms with E-state index >= 15 is 0 Å². The summed E-state index contributed by atoms with van der Waals surface area (Å²) in [6.07, 6.45) is 3.51. The summed E-state index contributed by atoms with van der Waals surface area (Å²) in [5.41, 5.74) is 1.15. The summed E-state index contributed by atoms with van der Waals surface area (Å²) in [6.45, 7) is 0.329. The number of carbonyl (C=O) groups excluding carboxylic acids is 2. The molecule has 1 fully saturated rings. The molecule has 0 bridgehead atoms. The molecule has 0 radical (unpaired) electrons. The average Bonchev–Trinajstić information content (AvgIpc) is 3.00. The van der Waals surface area contributed by atoms with E-state index in [1.165, 1.54) is 18.3 Å². The largest absolute Gasteiger partial charge is 0.274 e. The Morgan fingerprint density at radius 1 is 1.24 bits per heavy atom. The van der Waals surface area contributed by atoms with E-state index in [0.29, 0.717) is 22.8 Å². The summed E-state index contributed by atoms with van der Waals surface area (Å²) in [4.78, 5) is 24.4. The number of halogens is 2. The molecule has 1 aliphatic rings. The highest BCUT2D eigenvalue weighted by molar-refractivity contribution is 6.31. The number of hydrogen-bond donors (Lipinski definition) is 0. The van der Waals surface area contributed by atoms with Gasteiger partial charge in [0, 0.05) is 24.1 Å². The van der Waals surface area contributed by atoms with Crippen LogP contribution >= 0.6 is 11.6 Å². The van der Waals surface area contributed by atoms with Gasteiger partial charge in [0.1, 0.15) is 5.82 Å².